The SMILES string of the molecule is COC(=O)[C@@H]1C2CC(CN2C(=O)OC(C)(C)C)N1Cc1ccccc1. The maximum Gasteiger partial charge on any atom is 0.410 e. The lowest BCUT2D eigenvalue weighted by Gasteiger charge is -2.39. The van der Waals surface area contributed by atoms with Gasteiger partial charge in [0.25, 0.3) is 0 Å². The molecule has 2 fully saturated rings. The monoisotopic (exact) mass is 346 g/mol. The maximum absolute atomic E-state index is 12.5. The van der Waals surface area contributed by atoms with Crippen molar-refractivity contribution in [3.05, 3.63) is 35.9 Å². The average Bonchev–Trinajstić information content (AvgIpc) is 3.12. The molecule has 6 nitrogen and oxygen atoms in total. The molecule has 0 aromatic heterocycles. The fourth-order valence-electron chi connectivity index (χ4n) is 3.80. The Morgan fingerprint density at radius 1 is 1.20 bits per heavy atom. The Bertz CT molecular complexity index is 641. The molecule has 25 heavy (non-hydrogen) atoms. The number of esters is 1. The number of piperazine rings is 1. The standard InChI is InChI=1S/C19H26N2O4/c1-19(2,3)25-18(23)21-12-14-10-15(21)16(17(22)24-4)20(14)11-13-8-6-5-7-9-13/h5-9,14-16H,10-12H2,1-4H3/t14?,15?,16-/m0/s1. The number of carbonyl (C=O) groups excluding carboxylic acids is 2. The van der Waals surface area contributed by atoms with Crippen LogP contribution >= 0.6 is 0 Å². The predicted octanol–water partition coefficient (Wildman–Crippen LogP) is 2.42. The van der Waals surface area contributed by atoms with Crippen LogP contribution in [0.5, 0.6) is 0 Å². The second-order valence-corrected chi connectivity index (χ2v) is 7.72. The van der Waals surface area contributed by atoms with E-state index >= 15 is 0 Å². The quantitative estimate of drug-likeness (QED) is 0.787. The summed E-state index contributed by atoms with van der Waals surface area (Å²) in [6.07, 6.45) is 0.416. The number of hydrogen-bond donors (Lipinski definition) is 0. The number of amides is 1. The van der Waals surface area contributed by atoms with Crippen LogP contribution in [0.25, 0.3) is 0 Å². The molecule has 136 valence electrons. The first-order valence-electron chi connectivity index (χ1n) is 8.67. The van der Waals surface area contributed by atoms with E-state index in [4.69, 9.17) is 9.47 Å². The molecule has 2 aliphatic heterocycles. The molecule has 0 N–H and O–H groups in total. The van der Waals surface area contributed by atoms with Crippen LogP contribution in [-0.4, -0.2) is 59.2 Å². The molecular weight excluding hydrogens is 320 g/mol. The van der Waals surface area contributed by atoms with Crippen molar-refractivity contribution in [3.63, 3.8) is 0 Å². The lowest BCUT2D eigenvalue weighted by molar-refractivity contribution is -0.149. The first kappa shape index (κ1) is 17.7. The van der Waals surface area contributed by atoms with E-state index in [-0.39, 0.29) is 24.1 Å². The van der Waals surface area contributed by atoms with Crippen LogP contribution in [0.3, 0.4) is 0 Å². The van der Waals surface area contributed by atoms with E-state index in [0.29, 0.717) is 13.1 Å². The normalized spacial score (nSPS) is 25.9. The number of ether oxygens (including phenoxy) is 2. The van der Waals surface area contributed by atoms with Gasteiger partial charge < -0.3 is 14.4 Å². The number of rotatable bonds is 3. The van der Waals surface area contributed by atoms with Crippen molar-refractivity contribution < 1.29 is 19.1 Å². The second-order valence-electron chi connectivity index (χ2n) is 7.72. The molecule has 0 saturated carbocycles. The first-order chi connectivity index (χ1) is 11.8. The Balaban J connectivity index is 1.78. The number of carbonyl (C=O) groups is 2. The van der Waals surface area contributed by atoms with Crippen LogP contribution in [0, 0.1) is 0 Å². The second kappa shape index (κ2) is 6.67. The number of methoxy groups -OCH3 is 1. The van der Waals surface area contributed by atoms with E-state index in [1.165, 1.54) is 7.11 Å². The van der Waals surface area contributed by atoms with Gasteiger partial charge in [-0.05, 0) is 32.8 Å². The van der Waals surface area contributed by atoms with E-state index in [9.17, 15) is 9.59 Å². The van der Waals surface area contributed by atoms with Gasteiger partial charge in [0.2, 0.25) is 0 Å². The van der Waals surface area contributed by atoms with Crippen LogP contribution in [0.15, 0.2) is 30.3 Å². The molecule has 0 spiro atoms. The number of likely N-dealkylation sites (tertiary alicyclic amines) is 2. The molecule has 2 heterocycles. The summed E-state index contributed by atoms with van der Waals surface area (Å²) >= 11 is 0. The van der Waals surface area contributed by atoms with E-state index in [0.717, 1.165) is 12.0 Å². The van der Waals surface area contributed by atoms with Gasteiger partial charge in [0, 0.05) is 19.1 Å². The van der Waals surface area contributed by atoms with Crippen molar-refractivity contribution in [2.24, 2.45) is 0 Å². The van der Waals surface area contributed by atoms with E-state index in [1.807, 2.05) is 51.1 Å². The smallest absolute Gasteiger partial charge is 0.410 e. The summed E-state index contributed by atoms with van der Waals surface area (Å²) in [5.74, 6) is -0.295. The highest BCUT2D eigenvalue weighted by Crippen LogP contribution is 2.38. The molecule has 0 aliphatic carbocycles. The largest absolute Gasteiger partial charge is 0.468 e. The minimum atomic E-state index is -0.552. The van der Waals surface area contributed by atoms with Crippen molar-refractivity contribution >= 4 is 12.1 Å². The zero-order chi connectivity index (χ0) is 18.2. The maximum atomic E-state index is 12.5. The van der Waals surface area contributed by atoms with Gasteiger partial charge in [-0.15, -0.1) is 0 Å². The molecule has 3 atom stereocenters. The Morgan fingerprint density at radius 3 is 2.48 bits per heavy atom. The number of hydrogen-bond acceptors (Lipinski definition) is 5. The van der Waals surface area contributed by atoms with E-state index < -0.39 is 11.6 Å². The summed E-state index contributed by atoms with van der Waals surface area (Å²) in [7, 11) is 1.40. The van der Waals surface area contributed by atoms with Crippen LogP contribution < -0.4 is 0 Å². The van der Waals surface area contributed by atoms with Gasteiger partial charge in [0.05, 0.1) is 13.2 Å². The third kappa shape index (κ3) is 3.63. The van der Waals surface area contributed by atoms with Crippen molar-refractivity contribution in [1.82, 2.24) is 9.80 Å². The predicted molar refractivity (Wildman–Crippen MR) is 92.9 cm³/mol. The lowest BCUT2D eigenvalue weighted by atomic mass is 10.1. The average molecular weight is 346 g/mol. The third-order valence-electron chi connectivity index (χ3n) is 4.79. The highest BCUT2D eigenvalue weighted by atomic mass is 16.6. The highest BCUT2D eigenvalue weighted by Gasteiger charge is 2.55. The Labute approximate surface area is 148 Å². The number of fused-ring (bicyclic) bond motifs is 2. The highest BCUT2D eigenvalue weighted by molar-refractivity contribution is 5.80. The van der Waals surface area contributed by atoms with Crippen molar-refractivity contribution in [1.29, 1.82) is 0 Å². The Morgan fingerprint density at radius 2 is 1.88 bits per heavy atom. The van der Waals surface area contributed by atoms with Gasteiger partial charge in [-0.3, -0.25) is 9.69 Å². The van der Waals surface area contributed by atoms with Crippen LogP contribution in [-0.2, 0) is 20.8 Å². The van der Waals surface area contributed by atoms with Gasteiger partial charge in [-0.25, -0.2) is 4.79 Å². The molecule has 6 heteroatoms. The zero-order valence-electron chi connectivity index (χ0n) is 15.3. The van der Waals surface area contributed by atoms with Crippen LogP contribution in [0.2, 0.25) is 0 Å². The molecule has 1 aromatic carbocycles. The summed E-state index contributed by atoms with van der Waals surface area (Å²) in [4.78, 5) is 28.8. The summed E-state index contributed by atoms with van der Waals surface area (Å²) in [6, 6.07) is 9.54. The van der Waals surface area contributed by atoms with Crippen molar-refractivity contribution in [2.45, 2.75) is 57.5 Å². The minimum absolute atomic E-state index is 0.141. The topological polar surface area (TPSA) is 59.1 Å². The fourth-order valence-corrected chi connectivity index (χ4v) is 3.80. The van der Waals surface area contributed by atoms with Gasteiger partial charge >= 0.3 is 12.1 Å². The minimum Gasteiger partial charge on any atom is -0.468 e. The number of benzene rings is 1. The Kier molecular flexibility index (Phi) is 4.73. The van der Waals surface area contributed by atoms with E-state index in [1.54, 1.807) is 4.90 Å². The number of nitrogens with zero attached hydrogens (tertiary/aromatic N) is 2. The van der Waals surface area contributed by atoms with Crippen molar-refractivity contribution in [2.75, 3.05) is 13.7 Å². The Hall–Kier alpha value is -2.08. The summed E-state index contributed by atoms with van der Waals surface area (Å²) in [5, 5.41) is 0. The molecule has 2 aliphatic rings. The van der Waals surface area contributed by atoms with E-state index in [2.05, 4.69) is 4.90 Å². The van der Waals surface area contributed by atoms with Crippen LogP contribution in [0.1, 0.15) is 32.8 Å². The van der Waals surface area contributed by atoms with Gasteiger partial charge in [-0.2, -0.15) is 0 Å². The van der Waals surface area contributed by atoms with Gasteiger partial charge in [0.1, 0.15) is 11.6 Å². The molecule has 2 saturated heterocycles. The first-order valence-corrected chi connectivity index (χ1v) is 8.67. The molecule has 0 radical (unpaired) electrons. The molecule has 3 rings (SSSR count). The fraction of sp³-hybridized carbons (Fsp3) is 0.579. The van der Waals surface area contributed by atoms with Gasteiger partial charge in [-0.1, -0.05) is 30.3 Å². The van der Waals surface area contributed by atoms with Crippen molar-refractivity contribution in [3.8, 4) is 0 Å². The molecular formula is C19H26N2O4. The third-order valence-corrected chi connectivity index (χ3v) is 4.79. The molecule has 2 bridgehead atoms. The van der Waals surface area contributed by atoms with Gasteiger partial charge in [0.15, 0.2) is 0 Å². The molecule has 1 amide bonds. The summed E-state index contributed by atoms with van der Waals surface area (Å²) in [5.41, 5.74) is 0.594. The summed E-state index contributed by atoms with van der Waals surface area (Å²) in [6.45, 7) is 6.79. The van der Waals surface area contributed by atoms with Crippen LogP contribution in [0.4, 0.5) is 4.79 Å². The molecule has 1 aromatic rings. The summed E-state index contributed by atoms with van der Waals surface area (Å²) < 4.78 is 10.5. The zero-order valence-corrected chi connectivity index (χ0v) is 15.3. The molecule has 2 unspecified atom stereocenters. The lowest BCUT2D eigenvalue weighted by Crippen LogP contribution is -2.58.